The summed E-state index contributed by atoms with van der Waals surface area (Å²) < 4.78 is 67.7. The molecule has 43 heavy (non-hydrogen) atoms. The molecular weight excluding hydrogens is 612 g/mol. The highest BCUT2D eigenvalue weighted by Crippen LogP contribution is 2.42. The molecule has 0 amide bonds. The quantitative estimate of drug-likeness (QED) is 0.151. The minimum absolute atomic E-state index is 0.0639. The molecule has 1 saturated carbocycles. The van der Waals surface area contributed by atoms with Crippen LogP contribution in [0.15, 0.2) is 52.1 Å². The van der Waals surface area contributed by atoms with Gasteiger partial charge in [-0.1, -0.05) is 24.2 Å². The lowest BCUT2D eigenvalue weighted by Crippen LogP contribution is -2.48. The number of carbonyl (C=O) groups excluding carboxylic acids is 2. The van der Waals surface area contributed by atoms with Crippen LogP contribution in [0.4, 0.5) is 17.6 Å². The number of nitrogens with zero attached hydrogens (tertiary/aromatic N) is 3. The Kier molecular flexibility index (Phi) is 10.3. The van der Waals surface area contributed by atoms with Crippen molar-refractivity contribution >= 4 is 40.7 Å². The third-order valence-corrected chi connectivity index (χ3v) is 8.85. The summed E-state index contributed by atoms with van der Waals surface area (Å²) in [4.78, 5) is 35.7. The van der Waals surface area contributed by atoms with Crippen LogP contribution in [0, 0.1) is 17.6 Å². The Labute approximate surface area is 255 Å². The number of hydrogen-bond donors (Lipinski definition) is 1. The van der Waals surface area contributed by atoms with E-state index in [2.05, 4.69) is 21.9 Å². The van der Waals surface area contributed by atoms with Gasteiger partial charge >= 0.3 is 11.9 Å². The second kappa shape index (κ2) is 13.6. The van der Waals surface area contributed by atoms with E-state index in [0.717, 1.165) is 6.07 Å². The number of ether oxygens (including phenoxy) is 2. The molecule has 232 valence electrons. The highest BCUT2D eigenvalue weighted by Gasteiger charge is 2.41. The monoisotopic (exact) mass is 642 g/mol. The maximum Gasteiger partial charge on any atom is 0.338 e. The zero-order valence-electron chi connectivity index (χ0n) is 23.8. The second-order valence-electron chi connectivity index (χ2n) is 10.4. The van der Waals surface area contributed by atoms with Gasteiger partial charge in [0.05, 0.1) is 37.9 Å². The predicted octanol–water partition coefficient (Wildman–Crippen LogP) is 5.84. The van der Waals surface area contributed by atoms with Gasteiger partial charge in [-0.25, -0.2) is 27.3 Å². The Morgan fingerprint density at radius 1 is 1.19 bits per heavy atom. The van der Waals surface area contributed by atoms with E-state index in [1.165, 1.54) is 43.4 Å². The standard InChI is InChI=1S/C29H31ClF4N4O4S/c1-15(2)29(33,34)14-38(13-20(39)41-3)17-7-5-16(6-8-17)24-21(28(40)42-4)25(18-9-10-19(31)23(32)22(18)30)37-26(36-24)27-35-11-12-43-27/h9-12,16-17,25H,1,5-8,13-14H2,2-4H3,(H,36,37)/t16-,17-,25?. The van der Waals surface area contributed by atoms with Gasteiger partial charge in [-0.15, -0.1) is 11.3 Å². The smallest absolute Gasteiger partial charge is 0.338 e. The van der Waals surface area contributed by atoms with Crippen LogP contribution in [0.3, 0.4) is 0 Å². The molecule has 1 aromatic heterocycles. The van der Waals surface area contributed by atoms with Crippen LogP contribution in [-0.2, 0) is 19.1 Å². The molecule has 14 heteroatoms. The maximum atomic E-state index is 14.7. The molecule has 4 rings (SSSR count). The summed E-state index contributed by atoms with van der Waals surface area (Å²) in [5.74, 6) is -7.02. The van der Waals surface area contributed by atoms with Crippen molar-refractivity contribution in [3.8, 4) is 0 Å². The number of benzene rings is 1. The van der Waals surface area contributed by atoms with Crippen LogP contribution in [0.5, 0.6) is 0 Å². The summed E-state index contributed by atoms with van der Waals surface area (Å²) in [6.45, 7) is 3.61. The maximum absolute atomic E-state index is 14.7. The largest absolute Gasteiger partial charge is 0.468 e. The molecule has 0 radical (unpaired) electrons. The molecule has 2 aliphatic rings. The highest BCUT2D eigenvalue weighted by molar-refractivity contribution is 7.11. The lowest BCUT2D eigenvalue weighted by atomic mass is 9.80. The Hall–Kier alpha value is -3.29. The van der Waals surface area contributed by atoms with E-state index >= 15 is 0 Å². The number of amidine groups is 1. The molecule has 1 atom stereocenters. The van der Waals surface area contributed by atoms with Gasteiger partial charge < -0.3 is 14.8 Å². The number of allylic oxidation sites excluding steroid dienone is 1. The number of rotatable bonds is 10. The Balaban J connectivity index is 1.70. The fraction of sp³-hybridized carbons (Fsp3) is 0.448. The number of carbonyl (C=O) groups is 2. The Bertz CT molecular complexity index is 1440. The van der Waals surface area contributed by atoms with E-state index in [1.807, 2.05) is 0 Å². The Morgan fingerprint density at radius 3 is 2.47 bits per heavy atom. The van der Waals surface area contributed by atoms with Gasteiger partial charge in [0.2, 0.25) is 0 Å². The van der Waals surface area contributed by atoms with Gasteiger partial charge in [0.1, 0.15) is 6.04 Å². The van der Waals surface area contributed by atoms with E-state index in [0.29, 0.717) is 42.2 Å². The first-order valence-corrected chi connectivity index (χ1v) is 14.7. The molecule has 0 bridgehead atoms. The molecular formula is C29H31ClF4N4O4S. The fourth-order valence-electron chi connectivity index (χ4n) is 5.31. The molecule has 8 nitrogen and oxygen atoms in total. The van der Waals surface area contributed by atoms with Crippen LogP contribution in [-0.4, -0.2) is 66.9 Å². The summed E-state index contributed by atoms with van der Waals surface area (Å²) in [5, 5.41) is 4.93. The number of aromatic nitrogens is 1. The fourth-order valence-corrected chi connectivity index (χ4v) is 6.16. The molecule has 1 aliphatic carbocycles. The van der Waals surface area contributed by atoms with Crippen LogP contribution < -0.4 is 5.32 Å². The van der Waals surface area contributed by atoms with E-state index in [9.17, 15) is 27.2 Å². The minimum atomic E-state index is -3.22. The van der Waals surface area contributed by atoms with Crippen molar-refractivity contribution < 1.29 is 36.6 Å². The molecule has 1 aliphatic heterocycles. The summed E-state index contributed by atoms with van der Waals surface area (Å²) in [5.41, 5.74) is 0.266. The van der Waals surface area contributed by atoms with E-state index in [4.69, 9.17) is 21.1 Å². The van der Waals surface area contributed by atoms with Gasteiger partial charge in [0.15, 0.2) is 22.5 Å². The van der Waals surface area contributed by atoms with Crippen LogP contribution in [0.25, 0.3) is 0 Å². The van der Waals surface area contributed by atoms with Crippen molar-refractivity contribution in [2.75, 3.05) is 27.3 Å². The van der Waals surface area contributed by atoms with Gasteiger partial charge in [-0.2, -0.15) is 0 Å². The third kappa shape index (κ3) is 7.10. The normalized spacial score (nSPS) is 20.9. The number of hydrogen-bond acceptors (Lipinski definition) is 9. The summed E-state index contributed by atoms with van der Waals surface area (Å²) in [6, 6.07) is 0.653. The van der Waals surface area contributed by atoms with E-state index < -0.39 is 47.1 Å². The first-order chi connectivity index (χ1) is 20.4. The summed E-state index contributed by atoms with van der Waals surface area (Å²) >= 11 is 7.51. The molecule has 1 unspecified atom stereocenters. The van der Waals surface area contributed by atoms with Crippen LogP contribution in [0.1, 0.15) is 49.2 Å². The van der Waals surface area contributed by atoms with Crippen molar-refractivity contribution in [1.82, 2.24) is 15.2 Å². The lowest BCUT2D eigenvalue weighted by molar-refractivity contribution is -0.144. The van der Waals surface area contributed by atoms with Crippen LogP contribution >= 0.6 is 22.9 Å². The van der Waals surface area contributed by atoms with Gasteiger partial charge in [0, 0.05) is 28.9 Å². The minimum Gasteiger partial charge on any atom is -0.468 e. The number of thiazole rings is 1. The number of aliphatic imine (C=N–C) groups is 1. The number of esters is 2. The summed E-state index contributed by atoms with van der Waals surface area (Å²) in [7, 11) is 2.39. The molecule has 2 aromatic rings. The predicted molar refractivity (Wildman–Crippen MR) is 154 cm³/mol. The van der Waals surface area contributed by atoms with Gasteiger partial charge in [-0.05, 0) is 50.2 Å². The second-order valence-corrected chi connectivity index (χ2v) is 11.7. The first kappa shape index (κ1) is 32.6. The van der Waals surface area contributed by atoms with Gasteiger partial charge in [-0.3, -0.25) is 14.7 Å². The topological polar surface area (TPSA) is 93.1 Å². The SMILES string of the molecule is C=C(C)C(F)(F)CN(CC(=O)OC)[C@H]1CC[C@H](C2=C(C(=O)OC)C(c3ccc(F)c(F)c3Cl)N=C(c3nccs3)N2)CC1. The zero-order valence-corrected chi connectivity index (χ0v) is 25.3. The highest BCUT2D eigenvalue weighted by atomic mass is 35.5. The third-order valence-electron chi connectivity index (χ3n) is 7.68. The zero-order chi connectivity index (χ0) is 31.5. The molecule has 0 spiro atoms. The summed E-state index contributed by atoms with van der Waals surface area (Å²) in [6.07, 6.45) is 3.27. The molecule has 0 saturated heterocycles. The van der Waals surface area contributed by atoms with Crippen molar-refractivity contribution in [3.05, 3.63) is 74.4 Å². The Morgan fingerprint density at radius 2 is 1.88 bits per heavy atom. The van der Waals surface area contributed by atoms with Crippen molar-refractivity contribution in [2.24, 2.45) is 10.9 Å². The van der Waals surface area contributed by atoms with Crippen molar-refractivity contribution in [3.63, 3.8) is 0 Å². The first-order valence-electron chi connectivity index (χ1n) is 13.4. The van der Waals surface area contributed by atoms with E-state index in [1.54, 1.807) is 11.6 Å². The number of alkyl halides is 2. The number of methoxy groups -OCH3 is 2. The van der Waals surface area contributed by atoms with E-state index in [-0.39, 0.29) is 35.2 Å². The molecule has 1 aromatic carbocycles. The molecule has 1 fully saturated rings. The average molecular weight is 643 g/mol. The molecule has 2 heterocycles. The lowest BCUT2D eigenvalue weighted by Gasteiger charge is -2.40. The number of halogens is 5. The van der Waals surface area contributed by atoms with Crippen LogP contribution in [0.2, 0.25) is 5.02 Å². The van der Waals surface area contributed by atoms with Crippen molar-refractivity contribution in [2.45, 2.75) is 50.6 Å². The van der Waals surface area contributed by atoms with Gasteiger partial charge in [0.25, 0.3) is 5.92 Å². The average Bonchev–Trinajstić information content (AvgIpc) is 3.54. The number of nitrogens with one attached hydrogen (secondary N) is 1. The van der Waals surface area contributed by atoms with Crippen molar-refractivity contribution in [1.29, 1.82) is 0 Å². The molecule has 1 N–H and O–H groups in total.